The minimum atomic E-state index is -0.745. The molecule has 144 valence electrons. The first kappa shape index (κ1) is 18.1. The van der Waals surface area contributed by atoms with Crippen LogP contribution in [0.3, 0.4) is 0 Å². The Kier molecular flexibility index (Phi) is 4.54. The predicted molar refractivity (Wildman–Crippen MR) is 94.8 cm³/mol. The van der Waals surface area contributed by atoms with Crippen molar-refractivity contribution in [2.45, 2.75) is 12.8 Å². The molecule has 4 rings (SSSR count). The molecular weight excluding hydrogens is 364 g/mol. The molecular formula is C20H18N2O6. The second-order valence-electron chi connectivity index (χ2n) is 6.95. The van der Waals surface area contributed by atoms with Gasteiger partial charge in [0.2, 0.25) is 11.8 Å². The number of carbonyl (C=O) groups excluding carboxylic acids is 5. The van der Waals surface area contributed by atoms with Gasteiger partial charge in [0.15, 0.2) is 0 Å². The predicted octanol–water partition coefficient (Wildman–Crippen LogP) is 0.777. The van der Waals surface area contributed by atoms with Crippen molar-refractivity contribution >= 4 is 29.6 Å². The van der Waals surface area contributed by atoms with Crippen LogP contribution < -0.4 is 0 Å². The second kappa shape index (κ2) is 7.03. The third-order valence-corrected chi connectivity index (χ3v) is 5.34. The zero-order valence-corrected chi connectivity index (χ0v) is 15.0. The van der Waals surface area contributed by atoms with E-state index in [-0.39, 0.29) is 25.0 Å². The quantitative estimate of drug-likeness (QED) is 0.424. The molecule has 0 saturated carbocycles. The molecule has 1 aromatic rings. The molecule has 2 aliphatic heterocycles. The maximum atomic E-state index is 12.3. The number of benzene rings is 1. The number of esters is 1. The molecule has 1 saturated heterocycles. The molecule has 1 aliphatic carbocycles. The van der Waals surface area contributed by atoms with Gasteiger partial charge in [0.1, 0.15) is 13.2 Å². The number of rotatable bonds is 5. The summed E-state index contributed by atoms with van der Waals surface area (Å²) in [6.07, 6.45) is 4.74. The fraction of sp³-hybridized carbons (Fsp3) is 0.350. The molecule has 0 spiro atoms. The minimum Gasteiger partial charge on any atom is -0.462 e. The highest BCUT2D eigenvalue weighted by Crippen LogP contribution is 2.34. The second-order valence-corrected chi connectivity index (χ2v) is 6.95. The Bertz CT molecular complexity index is 860. The zero-order valence-electron chi connectivity index (χ0n) is 15.0. The third kappa shape index (κ3) is 2.90. The van der Waals surface area contributed by atoms with Crippen LogP contribution in [0.1, 0.15) is 33.6 Å². The lowest BCUT2D eigenvalue weighted by molar-refractivity contribution is -0.153. The summed E-state index contributed by atoms with van der Waals surface area (Å²) in [5, 5.41) is 0. The van der Waals surface area contributed by atoms with Gasteiger partial charge in [-0.05, 0) is 25.0 Å². The van der Waals surface area contributed by atoms with E-state index in [2.05, 4.69) is 0 Å². The van der Waals surface area contributed by atoms with Gasteiger partial charge >= 0.3 is 5.97 Å². The van der Waals surface area contributed by atoms with Gasteiger partial charge in [0.25, 0.3) is 11.8 Å². The lowest BCUT2D eigenvalue weighted by Gasteiger charge is -2.16. The molecule has 8 heteroatoms. The Morgan fingerprint density at radius 1 is 0.893 bits per heavy atom. The van der Waals surface area contributed by atoms with Crippen LogP contribution in [0.25, 0.3) is 0 Å². The number of hydrogen-bond donors (Lipinski definition) is 0. The first-order valence-corrected chi connectivity index (χ1v) is 9.10. The van der Waals surface area contributed by atoms with Crippen LogP contribution in [0, 0.1) is 11.8 Å². The Labute approximate surface area is 160 Å². The summed E-state index contributed by atoms with van der Waals surface area (Å²) in [6, 6.07) is 6.48. The summed E-state index contributed by atoms with van der Waals surface area (Å²) in [5.41, 5.74) is 0.645. The van der Waals surface area contributed by atoms with E-state index in [0.29, 0.717) is 24.0 Å². The summed E-state index contributed by atoms with van der Waals surface area (Å²) in [4.78, 5) is 63.2. The Hall–Kier alpha value is -3.29. The maximum Gasteiger partial charge on any atom is 0.326 e. The Morgan fingerprint density at radius 2 is 1.43 bits per heavy atom. The summed E-state index contributed by atoms with van der Waals surface area (Å²) in [7, 11) is 0. The van der Waals surface area contributed by atoms with Crippen LogP contribution in [0.5, 0.6) is 0 Å². The van der Waals surface area contributed by atoms with E-state index in [1.165, 1.54) is 0 Å². The van der Waals surface area contributed by atoms with Gasteiger partial charge in [-0.2, -0.15) is 0 Å². The van der Waals surface area contributed by atoms with E-state index >= 15 is 0 Å². The van der Waals surface area contributed by atoms with Crippen molar-refractivity contribution in [3.8, 4) is 0 Å². The summed E-state index contributed by atoms with van der Waals surface area (Å²) in [6.45, 7) is -0.739. The zero-order chi connectivity index (χ0) is 19.8. The molecule has 2 heterocycles. The first-order chi connectivity index (χ1) is 13.5. The van der Waals surface area contributed by atoms with Gasteiger partial charge in [-0.1, -0.05) is 24.3 Å². The van der Waals surface area contributed by atoms with Crippen LogP contribution in [0.4, 0.5) is 0 Å². The van der Waals surface area contributed by atoms with Gasteiger partial charge in [-0.15, -0.1) is 0 Å². The average Bonchev–Trinajstić information content (AvgIpc) is 3.09. The molecule has 0 radical (unpaired) electrons. The molecule has 8 nitrogen and oxygen atoms in total. The van der Waals surface area contributed by atoms with Gasteiger partial charge in [0, 0.05) is 0 Å². The molecule has 4 amide bonds. The third-order valence-electron chi connectivity index (χ3n) is 5.34. The SMILES string of the molecule is O=C(CN1C(=O)[C@@H]2CC=CC[C@H]2C1=O)OCCN1C(=O)c2ccccc2C1=O. The van der Waals surface area contributed by atoms with Crippen LogP contribution in [0.2, 0.25) is 0 Å². The van der Waals surface area contributed by atoms with Crippen LogP contribution in [-0.2, 0) is 19.1 Å². The fourth-order valence-corrected chi connectivity index (χ4v) is 3.89. The van der Waals surface area contributed by atoms with Gasteiger partial charge in [-0.25, -0.2) is 0 Å². The molecule has 1 fully saturated rings. The van der Waals surface area contributed by atoms with E-state index in [4.69, 9.17) is 4.74 Å². The normalized spacial score (nSPS) is 23.3. The standard InChI is InChI=1S/C20H18N2O6/c23-16(11-22-19(26)14-7-3-4-8-15(14)20(22)27)28-10-9-21-17(24)12-5-1-2-6-13(12)18(21)25/h1-6,14-15H,7-11H2/t14-,15-/m1/s1. The van der Waals surface area contributed by atoms with E-state index < -0.39 is 36.2 Å². The number of amides is 4. The van der Waals surface area contributed by atoms with Gasteiger partial charge < -0.3 is 4.74 Å². The van der Waals surface area contributed by atoms with Gasteiger partial charge in [-0.3, -0.25) is 33.8 Å². The van der Waals surface area contributed by atoms with Crippen molar-refractivity contribution < 1.29 is 28.7 Å². The lowest BCUT2D eigenvalue weighted by atomic mass is 9.85. The Balaban J connectivity index is 1.30. The van der Waals surface area contributed by atoms with Crippen molar-refractivity contribution in [3.63, 3.8) is 0 Å². The molecule has 0 bridgehead atoms. The highest BCUT2D eigenvalue weighted by atomic mass is 16.5. The molecule has 0 aromatic heterocycles. The molecule has 3 aliphatic rings. The van der Waals surface area contributed by atoms with Crippen LogP contribution in [0.15, 0.2) is 36.4 Å². The largest absolute Gasteiger partial charge is 0.462 e. The van der Waals surface area contributed by atoms with Crippen LogP contribution in [-0.4, -0.2) is 59.1 Å². The summed E-state index contributed by atoms with van der Waals surface area (Å²) < 4.78 is 5.06. The highest BCUT2D eigenvalue weighted by molar-refractivity contribution is 6.21. The van der Waals surface area contributed by atoms with Crippen molar-refractivity contribution in [1.82, 2.24) is 9.80 Å². The topological polar surface area (TPSA) is 101 Å². The number of ether oxygens (including phenoxy) is 1. The number of carbonyl (C=O) groups is 5. The number of likely N-dealkylation sites (tertiary alicyclic amines) is 1. The minimum absolute atomic E-state index is 0.0881. The monoisotopic (exact) mass is 382 g/mol. The molecule has 2 atom stereocenters. The van der Waals surface area contributed by atoms with E-state index in [1.807, 2.05) is 12.2 Å². The number of imide groups is 2. The summed E-state index contributed by atoms with van der Waals surface area (Å²) in [5.74, 6) is -3.11. The molecule has 28 heavy (non-hydrogen) atoms. The molecule has 0 N–H and O–H groups in total. The van der Waals surface area contributed by atoms with Crippen molar-refractivity contribution in [2.75, 3.05) is 19.7 Å². The van der Waals surface area contributed by atoms with Crippen molar-refractivity contribution in [2.24, 2.45) is 11.8 Å². The maximum absolute atomic E-state index is 12.3. The summed E-state index contributed by atoms with van der Waals surface area (Å²) >= 11 is 0. The first-order valence-electron chi connectivity index (χ1n) is 9.10. The van der Waals surface area contributed by atoms with Crippen LogP contribution >= 0.6 is 0 Å². The number of fused-ring (bicyclic) bond motifs is 2. The highest BCUT2D eigenvalue weighted by Gasteiger charge is 2.47. The van der Waals surface area contributed by atoms with E-state index in [9.17, 15) is 24.0 Å². The number of nitrogens with zero attached hydrogens (tertiary/aromatic N) is 2. The van der Waals surface area contributed by atoms with E-state index in [1.54, 1.807) is 24.3 Å². The number of allylic oxidation sites excluding steroid dienone is 2. The van der Waals surface area contributed by atoms with Crippen molar-refractivity contribution in [3.05, 3.63) is 47.5 Å². The molecule has 1 aromatic carbocycles. The van der Waals surface area contributed by atoms with Gasteiger partial charge in [0.05, 0.1) is 29.5 Å². The van der Waals surface area contributed by atoms with Crippen molar-refractivity contribution in [1.29, 1.82) is 0 Å². The average molecular weight is 382 g/mol. The van der Waals surface area contributed by atoms with E-state index in [0.717, 1.165) is 9.80 Å². The lowest BCUT2D eigenvalue weighted by Crippen LogP contribution is -2.38. The smallest absolute Gasteiger partial charge is 0.326 e. The Morgan fingerprint density at radius 3 is 1.96 bits per heavy atom. The number of hydrogen-bond acceptors (Lipinski definition) is 6. The molecule has 0 unspecified atom stereocenters. The fourth-order valence-electron chi connectivity index (χ4n) is 3.89.